The lowest BCUT2D eigenvalue weighted by Crippen LogP contribution is -2.32. The number of aromatic nitrogens is 3. The molecule has 0 unspecified atom stereocenters. The summed E-state index contributed by atoms with van der Waals surface area (Å²) in [6, 6.07) is 5.62. The van der Waals surface area contributed by atoms with Gasteiger partial charge in [0.2, 0.25) is 0 Å². The van der Waals surface area contributed by atoms with Crippen LogP contribution in [0, 0.1) is 0 Å². The van der Waals surface area contributed by atoms with E-state index in [0.29, 0.717) is 5.69 Å². The summed E-state index contributed by atoms with van der Waals surface area (Å²) in [5, 5.41) is 7.52. The molecule has 2 aromatic rings. The molecule has 0 bridgehead atoms. The average Bonchev–Trinajstić information content (AvgIpc) is 2.96. The van der Waals surface area contributed by atoms with Gasteiger partial charge in [0.05, 0.1) is 5.69 Å². The van der Waals surface area contributed by atoms with Crippen LogP contribution >= 0.6 is 0 Å². The number of aromatic amines is 1. The number of carbonyl (C=O) groups excluding carboxylic acids is 1. The second-order valence-corrected chi connectivity index (χ2v) is 5.73. The minimum atomic E-state index is -0.0721. The summed E-state index contributed by atoms with van der Waals surface area (Å²) in [5.41, 5.74) is 4.12. The van der Waals surface area contributed by atoms with E-state index in [-0.39, 0.29) is 5.91 Å². The molecule has 1 aliphatic heterocycles. The SMILES string of the molecule is CCc1n[nH]c2c1CN(c1cccc(C(=O)N(C)C)n1)CC2. The first-order valence-corrected chi connectivity index (χ1v) is 7.58. The van der Waals surface area contributed by atoms with Crippen LogP contribution < -0.4 is 4.90 Å². The Bertz CT molecular complexity index is 678. The van der Waals surface area contributed by atoms with Crippen LogP contribution in [0.3, 0.4) is 0 Å². The molecule has 0 atom stereocenters. The maximum atomic E-state index is 12.1. The monoisotopic (exact) mass is 299 g/mol. The third-order valence-corrected chi connectivity index (χ3v) is 4.04. The van der Waals surface area contributed by atoms with E-state index in [2.05, 4.69) is 27.0 Å². The van der Waals surface area contributed by atoms with Crippen molar-refractivity contribution in [2.45, 2.75) is 26.3 Å². The minimum absolute atomic E-state index is 0.0721. The number of amides is 1. The number of pyridine rings is 1. The maximum absolute atomic E-state index is 12.1. The predicted octanol–water partition coefficient (Wildman–Crippen LogP) is 1.63. The maximum Gasteiger partial charge on any atom is 0.272 e. The van der Waals surface area contributed by atoms with Gasteiger partial charge in [0, 0.05) is 44.9 Å². The summed E-state index contributed by atoms with van der Waals surface area (Å²) in [6.45, 7) is 3.79. The van der Waals surface area contributed by atoms with Crippen molar-refractivity contribution in [1.82, 2.24) is 20.1 Å². The van der Waals surface area contributed by atoms with Crippen LogP contribution in [0.1, 0.15) is 34.4 Å². The lowest BCUT2D eigenvalue weighted by atomic mass is 10.0. The average molecular weight is 299 g/mol. The molecule has 1 N–H and O–H groups in total. The number of carbonyl (C=O) groups is 1. The van der Waals surface area contributed by atoms with E-state index in [1.165, 1.54) is 11.3 Å². The van der Waals surface area contributed by atoms with Crippen molar-refractivity contribution in [1.29, 1.82) is 0 Å². The van der Waals surface area contributed by atoms with Gasteiger partial charge in [-0.1, -0.05) is 13.0 Å². The normalized spacial score (nSPS) is 13.9. The molecule has 0 fully saturated rings. The molecule has 0 spiro atoms. The van der Waals surface area contributed by atoms with Crippen LogP contribution in [-0.4, -0.2) is 46.6 Å². The van der Waals surface area contributed by atoms with E-state index < -0.39 is 0 Å². The predicted molar refractivity (Wildman–Crippen MR) is 85.0 cm³/mol. The first kappa shape index (κ1) is 14.6. The van der Waals surface area contributed by atoms with Crippen molar-refractivity contribution in [3.8, 4) is 0 Å². The highest BCUT2D eigenvalue weighted by atomic mass is 16.2. The highest BCUT2D eigenvalue weighted by molar-refractivity contribution is 5.92. The van der Waals surface area contributed by atoms with Crippen LogP contribution in [0.15, 0.2) is 18.2 Å². The number of anilines is 1. The Labute approximate surface area is 130 Å². The molecule has 0 aromatic carbocycles. The zero-order valence-electron chi connectivity index (χ0n) is 13.3. The lowest BCUT2D eigenvalue weighted by Gasteiger charge is -2.28. The number of nitrogens with zero attached hydrogens (tertiary/aromatic N) is 4. The standard InChI is InChI=1S/C16H21N5O/c1-4-12-11-10-21(9-8-13(11)19-18-12)15-7-5-6-14(17-15)16(22)20(2)3/h5-7H,4,8-10H2,1-3H3,(H,18,19). The van der Waals surface area contributed by atoms with Crippen molar-refractivity contribution in [2.24, 2.45) is 0 Å². The van der Waals surface area contributed by atoms with E-state index in [1.54, 1.807) is 25.1 Å². The van der Waals surface area contributed by atoms with E-state index >= 15 is 0 Å². The number of nitrogens with one attached hydrogen (secondary N) is 1. The molecule has 3 rings (SSSR count). The quantitative estimate of drug-likeness (QED) is 0.935. The van der Waals surface area contributed by atoms with E-state index in [4.69, 9.17) is 0 Å². The molecule has 3 heterocycles. The van der Waals surface area contributed by atoms with Gasteiger partial charge in [0.1, 0.15) is 11.5 Å². The minimum Gasteiger partial charge on any atom is -0.352 e. The summed E-state index contributed by atoms with van der Waals surface area (Å²) in [6.07, 6.45) is 1.85. The van der Waals surface area contributed by atoms with E-state index in [0.717, 1.165) is 37.4 Å². The number of H-pyrrole nitrogens is 1. The Morgan fingerprint density at radius 2 is 2.23 bits per heavy atom. The summed E-state index contributed by atoms with van der Waals surface area (Å²) in [5.74, 6) is 0.777. The molecule has 1 aliphatic rings. The molecule has 116 valence electrons. The molecular formula is C16H21N5O. The molecule has 6 nitrogen and oxygen atoms in total. The first-order valence-electron chi connectivity index (χ1n) is 7.58. The Kier molecular flexibility index (Phi) is 3.83. The lowest BCUT2D eigenvalue weighted by molar-refractivity contribution is 0.0822. The van der Waals surface area contributed by atoms with Gasteiger partial charge in [-0.3, -0.25) is 9.89 Å². The number of hydrogen-bond donors (Lipinski definition) is 1. The van der Waals surface area contributed by atoms with Gasteiger partial charge in [0.25, 0.3) is 5.91 Å². The number of fused-ring (bicyclic) bond motifs is 1. The summed E-state index contributed by atoms with van der Waals surface area (Å²) < 4.78 is 0. The van der Waals surface area contributed by atoms with Gasteiger partial charge in [-0.2, -0.15) is 5.10 Å². The molecule has 6 heteroatoms. The van der Waals surface area contributed by atoms with Gasteiger partial charge >= 0.3 is 0 Å². The Morgan fingerprint density at radius 1 is 1.41 bits per heavy atom. The van der Waals surface area contributed by atoms with Gasteiger partial charge in [-0.15, -0.1) is 0 Å². The van der Waals surface area contributed by atoms with Gasteiger partial charge in [0.15, 0.2) is 0 Å². The van der Waals surface area contributed by atoms with Gasteiger partial charge in [-0.05, 0) is 18.6 Å². The van der Waals surface area contributed by atoms with Crippen molar-refractivity contribution < 1.29 is 4.79 Å². The first-order chi connectivity index (χ1) is 10.6. The second kappa shape index (κ2) is 5.79. The molecule has 0 saturated carbocycles. The molecule has 0 aliphatic carbocycles. The van der Waals surface area contributed by atoms with E-state index in [1.807, 2.05) is 12.1 Å². The molecule has 2 aromatic heterocycles. The summed E-state index contributed by atoms with van der Waals surface area (Å²) in [7, 11) is 3.48. The number of hydrogen-bond acceptors (Lipinski definition) is 4. The molecule has 0 saturated heterocycles. The molecular weight excluding hydrogens is 278 g/mol. The van der Waals surface area contributed by atoms with Gasteiger partial charge < -0.3 is 9.80 Å². The van der Waals surface area contributed by atoms with Crippen LogP contribution in [0.25, 0.3) is 0 Å². The third kappa shape index (κ3) is 2.56. The van der Waals surface area contributed by atoms with Crippen molar-refractivity contribution >= 4 is 11.7 Å². The van der Waals surface area contributed by atoms with Crippen LogP contribution in [0.4, 0.5) is 5.82 Å². The zero-order valence-corrected chi connectivity index (χ0v) is 13.3. The molecule has 0 radical (unpaired) electrons. The smallest absolute Gasteiger partial charge is 0.272 e. The fourth-order valence-electron chi connectivity index (χ4n) is 2.79. The summed E-state index contributed by atoms with van der Waals surface area (Å²) in [4.78, 5) is 20.4. The summed E-state index contributed by atoms with van der Waals surface area (Å²) >= 11 is 0. The number of aryl methyl sites for hydroxylation is 1. The number of rotatable bonds is 3. The third-order valence-electron chi connectivity index (χ3n) is 4.04. The highest BCUT2D eigenvalue weighted by Crippen LogP contribution is 2.24. The van der Waals surface area contributed by atoms with Crippen LogP contribution in [0.5, 0.6) is 0 Å². The molecule has 22 heavy (non-hydrogen) atoms. The Balaban J connectivity index is 1.87. The van der Waals surface area contributed by atoms with Crippen LogP contribution in [-0.2, 0) is 19.4 Å². The van der Waals surface area contributed by atoms with E-state index in [9.17, 15) is 4.79 Å². The fraction of sp³-hybridized carbons (Fsp3) is 0.438. The Hall–Kier alpha value is -2.37. The van der Waals surface area contributed by atoms with Gasteiger partial charge in [-0.25, -0.2) is 4.98 Å². The van der Waals surface area contributed by atoms with Crippen molar-refractivity contribution in [3.63, 3.8) is 0 Å². The second-order valence-electron chi connectivity index (χ2n) is 5.73. The fourth-order valence-corrected chi connectivity index (χ4v) is 2.79. The van der Waals surface area contributed by atoms with Crippen LogP contribution in [0.2, 0.25) is 0 Å². The van der Waals surface area contributed by atoms with Crippen molar-refractivity contribution in [3.05, 3.63) is 40.8 Å². The van der Waals surface area contributed by atoms with Crippen molar-refractivity contribution in [2.75, 3.05) is 25.5 Å². The highest BCUT2D eigenvalue weighted by Gasteiger charge is 2.22. The topological polar surface area (TPSA) is 65.1 Å². The zero-order chi connectivity index (χ0) is 15.7. The molecule has 1 amide bonds. The Morgan fingerprint density at radius 3 is 2.95 bits per heavy atom. The largest absolute Gasteiger partial charge is 0.352 e.